The van der Waals surface area contributed by atoms with Crippen molar-refractivity contribution in [2.24, 2.45) is 4.99 Å². The minimum absolute atomic E-state index is 0.944. The first-order valence-electron chi connectivity index (χ1n) is 5.11. The lowest BCUT2D eigenvalue weighted by atomic mass is 10.1. The monoisotopic (exact) mass is 216 g/mol. The molecule has 2 nitrogen and oxygen atoms in total. The van der Waals surface area contributed by atoms with Gasteiger partial charge in [-0.3, -0.25) is 4.99 Å². The van der Waals surface area contributed by atoms with E-state index in [-0.39, 0.29) is 0 Å². The van der Waals surface area contributed by atoms with Crippen LogP contribution < -0.4 is 0 Å². The molecule has 2 heterocycles. The van der Waals surface area contributed by atoms with Gasteiger partial charge < -0.3 is 4.90 Å². The average Bonchev–Trinajstić information content (AvgIpc) is 2.78. The van der Waals surface area contributed by atoms with Crippen LogP contribution in [-0.2, 0) is 0 Å². The molecule has 2 aliphatic heterocycles. The molecular formula is C12H12N2S. The lowest BCUT2D eigenvalue weighted by Crippen LogP contribution is -2.14. The highest BCUT2D eigenvalue weighted by atomic mass is 32.2. The van der Waals surface area contributed by atoms with Gasteiger partial charge in [0.15, 0.2) is 5.17 Å². The van der Waals surface area contributed by atoms with Crippen molar-refractivity contribution in [2.75, 3.05) is 13.1 Å². The maximum absolute atomic E-state index is 4.44. The van der Waals surface area contributed by atoms with Gasteiger partial charge in [0, 0.05) is 17.6 Å². The molecule has 0 unspecified atom stereocenters. The second-order valence-corrected chi connectivity index (χ2v) is 4.83. The zero-order valence-corrected chi connectivity index (χ0v) is 9.42. The zero-order valence-electron chi connectivity index (χ0n) is 8.60. The smallest absolute Gasteiger partial charge is 0.168 e. The molecule has 1 aromatic rings. The summed E-state index contributed by atoms with van der Waals surface area (Å²) in [5, 5.41) is 1.16. The SMILES string of the molecule is Cc1ccc(C2=CN3CCN=C3S2)cc1. The third-order valence-corrected chi connectivity index (χ3v) is 3.75. The third-order valence-electron chi connectivity index (χ3n) is 2.64. The van der Waals surface area contributed by atoms with Gasteiger partial charge in [-0.2, -0.15) is 0 Å². The Kier molecular flexibility index (Phi) is 2.06. The molecule has 0 aliphatic carbocycles. The van der Waals surface area contributed by atoms with E-state index < -0.39 is 0 Å². The first kappa shape index (κ1) is 9.04. The Morgan fingerprint density at radius 1 is 1.27 bits per heavy atom. The fraction of sp³-hybridized carbons (Fsp3) is 0.250. The average molecular weight is 216 g/mol. The van der Waals surface area contributed by atoms with Gasteiger partial charge in [0.1, 0.15) is 0 Å². The summed E-state index contributed by atoms with van der Waals surface area (Å²) in [6.45, 7) is 4.10. The quantitative estimate of drug-likeness (QED) is 0.717. The van der Waals surface area contributed by atoms with Crippen LogP contribution in [0.25, 0.3) is 4.91 Å². The number of hydrogen-bond donors (Lipinski definition) is 0. The van der Waals surface area contributed by atoms with Crippen LogP contribution in [0, 0.1) is 6.92 Å². The van der Waals surface area contributed by atoms with E-state index in [0.29, 0.717) is 0 Å². The van der Waals surface area contributed by atoms with E-state index in [2.05, 4.69) is 47.3 Å². The Morgan fingerprint density at radius 2 is 2.07 bits per heavy atom. The van der Waals surface area contributed by atoms with Gasteiger partial charge in [-0.25, -0.2) is 0 Å². The van der Waals surface area contributed by atoms with Crippen LogP contribution in [0.5, 0.6) is 0 Å². The van der Waals surface area contributed by atoms with Gasteiger partial charge >= 0.3 is 0 Å². The zero-order chi connectivity index (χ0) is 10.3. The molecule has 76 valence electrons. The molecule has 1 aromatic carbocycles. The first-order chi connectivity index (χ1) is 7.33. The highest BCUT2D eigenvalue weighted by Crippen LogP contribution is 2.37. The van der Waals surface area contributed by atoms with Crippen molar-refractivity contribution in [1.29, 1.82) is 0 Å². The number of thioether (sulfide) groups is 1. The molecular weight excluding hydrogens is 204 g/mol. The van der Waals surface area contributed by atoms with E-state index in [1.165, 1.54) is 16.0 Å². The maximum atomic E-state index is 4.44. The van der Waals surface area contributed by atoms with Crippen molar-refractivity contribution in [2.45, 2.75) is 6.92 Å². The van der Waals surface area contributed by atoms with Gasteiger partial charge in [-0.15, -0.1) is 0 Å². The van der Waals surface area contributed by atoms with E-state index in [9.17, 15) is 0 Å². The predicted molar refractivity (Wildman–Crippen MR) is 65.8 cm³/mol. The van der Waals surface area contributed by atoms with Gasteiger partial charge in [0.2, 0.25) is 0 Å². The Morgan fingerprint density at radius 3 is 2.80 bits per heavy atom. The molecule has 2 aliphatic rings. The number of aliphatic imine (C=N–C) groups is 1. The molecule has 15 heavy (non-hydrogen) atoms. The Balaban J connectivity index is 1.90. The van der Waals surface area contributed by atoms with Crippen LogP contribution >= 0.6 is 11.8 Å². The molecule has 0 spiro atoms. The second kappa shape index (κ2) is 3.42. The van der Waals surface area contributed by atoms with Crippen molar-refractivity contribution in [1.82, 2.24) is 4.90 Å². The summed E-state index contributed by atoms with van der Waals surface area (Å²) < 4.78 is 0. The highest BCUT2D eigenvalue weighted by molar-refractivity contribution is 8.22. The molecule has 0 amide bonds. The number of benzene rings is 1. The minimum atomic E-state index is 0.944. The fourth-order valence-electron chi connectivity index (χ4n) is 1.77. The van der Waals surface area contributed by atoms with Crippen molar-refractivity contribution < 1.29 is 0 Å². The summed E-state index contributed by atoms with van der Waals surface area (Å²) in [4.78, 5) is 7.99. The number of hydrogen-bond acceptors (Lipinski definition) is 3. The molecule has 0 bridgehead atoms. The molecule has 3 rings (SSSR count). The summed E-state index contributed by atoms with van der Waals surface area (Å²) >= 11 is 1.78. The molecule has 0 N–H and O–H groups in total. The summed E-state index contributed by atoms with van der Waals surface area (Å²) in [5.74, 6) is 0. The molecule has 0 aromatic heterocycles. The van der Waals surface area contributed by atoms with Crippen LogP contribution in [0.2, 0.25) is 0 Å². The van der Waals surface area contributed by atoms with Crippen molar-refractivity contribution in [3.8, 4) is 0 Å². The van der Waals surface area contributed by atoms with E-state index in [1.54, 1.807) is 11.8 Å². The molecule has 0 fully saturated rings. The molecule has 0 atom stereocenters. The Labute approximate surface area is 93.7 Å². The van der Waals surface area contributed by atoms with Crippen molar-refractivity contribution >= 4 is 21.8 Å². The van der Waals surface area contributed by atoms with Crippen molar-refractivity contribution in [3.05, 3.63) is 41.6 Å². The Bertz CT molecular complexity index is 445. The van der Waals surface area contributed by atoms with Gasteiger partial charge in [0.05, 0.1) is 6.54 Å². The summed E-state index contributed by atoms with van der Waals surface area (Å²) in [6, 6.07) is 8.66. The van der Waals surface area contributed by atoms with Crippen LogP contribution in [0.3, 0.4) is 0 Å². The molecule has 0 saturated carbocycles. The lowest BCUT2D eigenvalue weighted by molar-refractivity contribution is 0.626. The summed E-state index contributed by atoms with van der Waals surface area (Å²) in [7, 11) is 0. The summed E-state index contributed by atoms with van der Waals surface area (Å²) in [5.41, 5.74) is 2.60. The number of aryl methyl sites for hydroxylation is 1. The maximum Gasteiger partial charge on any atom is 0.168 e. The van der Waals surface area contributed by atoms with E-state index in [1.807, 2.05) is 0 Å². The summed E-state index contributed by atoms with van der Waals surface area (Å²) in [6.07, 6.45) is 2.21. The first-order valence-corrected chi connectivity index (χ1v) is 5.92. The minimum Gasteiger partial charge on any atom is -0.325 e. The van der Waals surface area contributed by atoms with Gasteiger partial charge in [0.25, 0.3) is 0 Å². The number of nitrogens with zero attached hydrogens (tertiary/aromatic N) is 2. The topological polar surface area (TPSA) is 15.6 Å². The molecule has 0 radical (unpaired) electrons. The van der Waals surface area contributed by atoms with E-state index in [4.69, 9.17) is 0 Å². The normalized spacial score (nSPS) is 18.9. The highest BCUT2D eigenvalue weighted by Gasteiger charge is 2.24. The van der Waals surface area contributed by atoms with Gasteiger partial charge in [-0.05, 0) is 24.2 Å². The molecule has 0 saturated heterocycles. The van der Waals surface area contributed by atoms with Crippen LogP contribution in [-0.4, -0.2) is 23.2 Å². The fourth-order valence-corrected chi connectivity index (χ4v) is 2.82. The van der Waals surface area contributed by atoms with E-state index in [0.717, 1.165) is 18.3 Å². The third kappa shape index (κ3) is 1.57. The van der Waals surface area contributed by atoms with Crippen LogP contribution in [0.15, 0.2) is 35.5 Å². The standard InChI is InChI=1S/C12H12N2S/c1-9-2-4-10(5-3-9)11-8-14-7-6-13-12(14)15-11/h2-5,8H,6-7H2,1H3. The lowest BCUT2D eigenvalue weighted by Gasteiger charge is -2.04. The van der Waals surface area contributed by atoms with Crippen LogP contribution in [0.4, 0.5) is 0 Å². The van der Waals surface area contributed by atoms with Crippen LogP contribution in [0.1, 0.15) is 11.1 Å². The van der Waals surface area contributed by atoms with Crippen molar-refractivity contribution in [3.63, 3.8) is 0 Å². The second-order valence-electron chi connectivity index (χ2n) is 3.82. The number of amidine groups is 1. The Hall–Kier alpha value is -1.22. The van der Waals surface area contributed by atoms with E-state index >= 15 is 0 Å². The largest absolute Gasteiger partial charge is 0.325 e. The predicted octanol–water partition coefficient (Wildman–Crippen LogP) is 2.71. The number of rotatable bonds is 1. The number of fused-ring (bicyclic) bond motifs is 1. The molecule has 3 heteroatoms. The van der Waals surface area contributed by atoms with Gasteiger partial charge in [-0.1, -0.05) is 29.8 Å².